The Morgan fingerprint density at radius 3 is 2.64 bits per heavy atom. The second-order valence-electron chi connectivity index (χ2n) is 4.85. The molecule has 14 heavy (non-hydrogen) atoms. The van der Waals surface area contributed by atoms with Crippen molar-refractivity contribution in [2.24, 2.45) is 0 Å². The Hall–Kier alpha value is -1.05. The molecule has 0 spiro atoms. The first-order chi connectivity index (χ1) is 6.50. The van der Waals surface area contributed by atoms with Crippen LogP contribution in [0.15, 0.2) is 24.2 Å². The minimum atomic E-state index is 0.160. The first-order valence-electron chi connectivity index (χ1n) is 5.08. The molecule has 0 bridgehead atoms. The van der Waals surface area contributed by atoms with E-state index in [1.807, 2.05) is 0 Å². The molecule has 0 atom stereocenters. The molecule has 0 aliphatic carbocycles. The van der Waals surface area contributed by atoms with Crippen LogP contribution in [0.2, 0.25) is 0 Å². The fourth-order valence-electron chi connectivity index (χ4n) is 2.18. The quantitative estimate of drug-likeness (QED) is 0.594. The van der Waals surface area contributed by atoms with Crippen molar-refractivity contribution in [3.8, 4) is 0 Å². The van der Waals surface area contributed by atoms with Crippen LogP contribution in [0.3, 0.4) is 0 Å². The van der Waals surface area contributed by atoms with E-state index in [4.69, 9.17) is 0 Å². The Labute approximate surface area is 86.0 Å². The zero-order valence-corrected chi connectivity index (χ0v) is 9.33. The van der Waals surface area contributed by atoms with Crippen molar-refractivity contribution >= 4 is 17.7 Å². The van der Waals surface area contributed by atoms with Crippen LogP contribution >= 0.6 is 0 Å². The average molecular weight is 185 g/mol. The van der Waals surface area contributed by atoms with Gasteiger partial charge in [0.15, 0.2) is 0 Å². The summed E-state index contributed by atoms with van der Waals surface area (Å²) < 4.78 is 2.39. The molecule has 2 heteroatoms. The molecule has 2 aromatic heterocycles. The number of rotatable bonds is 0. The molecule has 0 aromatic carbocycles. The second-order valence-corrected chi connectivity index (χ2v) is 4.85. The van der Waals surface area contributed by atoms with E-state index < -0.39 is 0 Å². The predicted octanol–water partition coefficient (Wildman–Crippen LogP) is 3.04. The third-order valence-corrected chi connectivity index (χ3v) is 2.57. The zero-order valence-electron chi connectivity index (χ0n) is 9.33. The SMILES string of the molecule is Cc1cc2cccbc2n1C(C)(C)C. The van der Waals surface area contributed by atoms with E-state index in [9.17, 15) is 0 Å². The molecule has 1 nitrogen and oxygen atoms in total. The number of nitrogens with zero attached hydrogens (tertiary/aromatic N) is 1. The van der Waals surface area contributed by atoms with Gasteiger partial charge in [0.05, 0.1) is 0 Å². The van der Waals surface area contributed by atoms with Gasteiger partial charge < -0.3 is 0 Å². The van der Waals surface area contributed by atoms with Crippen molar-refractivity contribution in [1.82, 2.24) is 4.57 Å². The molecule has 0 saturated carbocycles. The molecule has 0 aliphatic rings. The molecule has 0 amide bonds. The van der Waals surface area contributed by atoms with Crippen molar-refractivity contribution in [3.05, 3.63) is 29.9 Å². The first-order valence-corrected chi connectivity index (χ1v) is 5.08. The van der Waals surface area contributed by atoms with Gasteiger partial charge in [-0.3, -0.25) is 0 Å². The van der Waals surface area contributed by atoms with Crippen LogP contribution in [0.1, 0.15) is 26.5 Å². The molecule has 0 unspecified atom stereocenters. The zero-order chi connectivity index (χ0) is 10.3. The summed E-state index contributed by atoms with van der Waals surface area (Å²) in [5, 5.41) is 1.33. The first kappa shape index (κ1) is 9.51. The topological polar surface area (TPSA) is 4.93 Å². The number of aryl methyl sites for hydroxylation is 1. The summed E-state index contributed by atoms with van der Waals surface area (Å²) in [6, 6.07) is 6.51. The van der Waals surface area contributed by atoms with Gasteiger partial charge in [0.25, 0.3) is 0 Å². The summed E-state index contributed by atoms with van der Waals surface area (Å²) in [6.07, 6.45) is 0. The van der Waals surface area contributed by atoms with Crippen LogP contribution in [-0.2, 0) is 5.54 Å². The number of hydrogen-bond donors (Lipinski definition) is 0. The summed E-state index contributed by atoms with van der Waals surface area (Å²) in [7, 11) is 0. The van der Waals surface area contributed by atoms with Crippen LogP contribution in [0, 0.1) is 6.92 Å². The molecule has 0 fully saturated rings. The molecule has 0 aliphatic heterocycles. The van der Waals surface area contributed by atoms with Crippen LogP contribution < -0.4 is 0 Å². The molecule has 72 valence electrons. The molecule has 2 aromatic rings. The van der Waals surface area contributed by atoms with Crippen molar-refractivity contribution in [2.45, 2.75) is 33.2 Å². The van der Waals surface area contributed by atoms with E-state index in [-0.39, 0.29) is 5.54 Å². The minimum absolute atomic E-state index is 0.160. The van der Waals surface area contributed by atoms with Gasteiger partial charge in [0, 0.05) is 0 Å². The van der Waals surface area contributed by atoms with Crippen molar-refractivity contribution in [2.75, 3.05) is 0 Å². The van der Waals surface area contributed by atoms with Gasteiger partial charge in [0.1, 0.15) is 0 Å². The van der Waals surface area contributed by atoms with Gasteiger partial charge in [-0.25, -0.2) is 0 Å². The Morgan fingerprint density at radius 1 is 1.29 bits per heavy atom. The number of hydrogen-bond acceptors (Lipinski definition) is 0. The van der Waals surface area contributed by atoms with Crippen LogP contribution in [0.5, 0.6) is 0 Å². The van der Waals surface area contributed by atoms with Crippen molar-refractivity contribution in [3.63, 3.8) is 0 Å². The molecule has 2 heterocycles. The molecular weight excluding hydrogens is 169 g/mol. The second kappa shape index (κ2) is 2.98. The van der Waals surface area contributed by atoms with E-state index in [1.54, 1.807) is 0 Å². The standard InChI is InChI=1S/C12H16BN/c1-9-8-10-6-5-7-13-11(10)14(9)12(2,3)4/h5-8H,1-4H3. The fraction of sp³-hybridized carbons (Fsp3) is 0.417. The van der Waals surface area contributed by atoms with Crippen LogP contribution in [0.25, 0.3) is 10.8 Å². The van der Waals surface area contributed by atoms with E-state index >= 15 is 0 Å². The Bertz CT molecular complexity index is 463. The third kappa shape index (κ3) is 1.39. The molecule has 0 N–H and O–H groups in total. The van der Waals surface area contributed by atoms with Gasteiger partial charge in [-0.05, 0) is 0 Å². The van der Waals surface area contributed by atoms with Gasteiger partial charge >= 0.3 is 85.4 Å². The van der Waals surface area contributed by atoms with Gasteiger partial charge in [-0.15, -0.1) is 0 Å². The summed E-state index contributed by atoms with van der Waals surface area (Å²) in [5.74, 6) is 2.10. The van der Waals surface area contributed by atoms with Crippen LogP contribution in [-0.4, -0.2) is 11.5 Å². The molecular formula is C12H16BN. The Balaban J connectivity index is 2.81. The monoisotopic (exact) mass is 185 g/mol. The summed E-state index contributed by atoms with van der Waals surface area (Å²) >= 11 is 0. The normalized spacial score (nSPS) is 12.0. The molecule has 0 saturated heterocycles. The van der Waals surface area contributed by atoms with E-state index in [0.29, 0.717) is 0 Å². The Morgan fingerprint density at radius 2 is 2.00 bits per heavy atom. The maximum atomic E-state index is 2.39. The fourth-order valence-corrected chi connectivity index (χ4v) is 2.18. The summed E-state index contributed by atoms with van der Waals surface area (Å²) in [6.45, 7) is 11.1. The average Bonchev–Trinajstić information content (AvgIpc) is 2.38. The third-order valence-electron chi connectivity index (χ3n) is 2.57. The molecule has 0 radical (unpaired) electrons. The summed E-state index contributed by atoms with van der Waals surface area (Å²) in [4.78, 5) is 0. The predicted molar refractivity (Wildman–Crippen MR) is 63.0 cm³/mol. The number of fused-ring (bicyclic) bond motifs is 1. The molecule has 2 rings (SSSR count). The van der Waals surface area contributed by atoms with Crippen molar-refractivity contribution in [1.29, 1.82) is 0 Å². The van der Waals surface area contributed by atoms with Gasteiger partial charge in [-0.2, -0.15) is 0 Å². The number of aromatic nitrogens is 1. The van der Waals surface area contributed by atoms with Crippen molar-refractivity contribution < 1.29 is 0 Å². The van der Waals surface area contributed by atoms with Gasteiger partial charge in [-0.1, -0.05) is 0 Å². The Kier molecular flexibility index (Phi) is 2.02. The summed E-state index contributed by atoms with van der Waals surface area (Å²) in [5.41, 5.74) is 2.82. The van der Waals surface area contributed by atoms with E-state index in [2.05, 4.69) is 63.3 Å². The van der Waals surface area contributed by atoms with Gasteiger partial charge in [0.2, 0.25) is 0 Å². The van der Waals surface area contributed by atoms with Crippen LogP contribution in [0.4, 0.5) is 0 Å². The van der Waals surface area contributed by atoms with E-state index in [1.165, 1.54) is 16.5 Å². The van der Waals surface area contributed by atoms with E-state index in [0.717, 1.165) is 0 Å². The maximum absolute atomic E-state index is 2.39.